The highest BCUT2D eigenvalue weighted by molar-refractivity contribution is 9.10. The van der Waals surface area contributed by atoms with Gasteiger partial charge in [-0.15, -0.1) is 0 Å². The number of rotatable bonds is 4. The van der Waals surface area contributed by atoms with Crippen molar-refractivity contribution < 1.29 is 17.9 Å². The fourth-order valence-electron chi connectivity index (χ4n) is 1.67. The molecule has 106 valence electrons. The Morgan fingerprint density at radius 3 is 2.45 bits per heavy atom. The predicted octanol–water partition coefficient (Wildman–Crippen LogP) is 5.34. The molecule has 20 heavy (non-hydrogen) atoms. The first-order chi connectivity index (χ1) is 9.54. The van der Waals surface area contributed by atoms with Gasteiger partial charge in [0.25, 0.3) is 0 Å². The molecule has 0 spiro atoms. The topological polar surface area (TPSA) is 9.23 Å². The predicted molar refractivity (Wildman–Crippen MR) is 77.4 cm³/mol. The minimum absolute atomic E-state index is 0.0110. The lowest BCUT2D eigenvalue weighted by Crippen LogP contribution is -2.05. The Morgan fingerprint density at radius 1 is 1.00 bits per heavy atom. The van der Waals surface area contributed by atoms with Crippen LogP contribution in [-0.4, -0.2) is 0 Å². The van der Waals surface area contributed by atoms with Gasteiger partial charge in [0.2, 0.25) is 0 Å². The van der Waals surface area contributed by atoms with Gasteiger partial charge in [-0.25, -0.2) is 13.2 Å². The summed E-state index contributed by atoms with van der Waals surface area (Å²) in [5.74, 6) is -2.06. The quantitative estimate of drug-likeness (QED) is 0.489. The lowest BCUT2D eigenvalue weighted by atomic mass is 10.2. The Kier molecular flexibility index (Phi) is 5.10. The molecule has 2 rings (SSSR count). The van der Waals surface area contributed by atoms with Crippen LogP contribution < -0.4 is 4.74 Å². The lowest BCUT2D eigenvalue weighted by molar-refractivity contribution is 0.276. The van der Waals surface area contributed by atoms with Crippen LogP contribution in [0.1, 0.15) is 11.1 Å². The van der Waals surface area contributed by atoms with E-state index in [1.54, 1.807) is 12.1 Å². The Morgan fingerprint density at radius 2 is 1.75 bits per heavy atom. The fourth-order valence-corrected chi connectivity index (χ4v) is 2.48. The largest absolute Gasteiger partial charge is 0.485 e. The third-order valence-corrected chi connectivity index (χ3v) is 3.91. The molecule has 0 bridgehead atoms. The van der Waals surface area contributed by atoms with Gasteiger partial charge in [-0.2, -0.15) is 0 Å². The van der Waals surface area contributed by atoms with E-state index in [-0.39, 0.29) is 15.8 Å². The second kappa shape index (κ2) is 6.63. The maximum Gasteiger partial charge on any atom is 0.165 e. The van der Waals surface area contributed by atoms with Crippen LogP contribution >= 0.6 is 31.9 Å². The van der Waals surface area contributed by atoms with E-state index < -0.39 is 24.1 Å². The van der Waals surface area contributed by atoms with Crippen LogP contribution in [-0.2, 0) is 11.9 Å². The maximum atomic E-state index is 13.8. The molecule has 0 fully saturated rings. The maximum absolute atomic E-state index is 13.8. The van der Waals surface area contributed by atoms with Gasteiger partial charge in [-0.3, -0.25) is 0 Å². The van der Waals surface area contributed by atoms with Crippen LogP contribution in [0.4, 0.5) is 13.2 Å². The van der Waals surface area contributed by atoms with Crippen molar-refractivity contribution in [2.24, 2.45) is 0 Å². The molecule has 6 heteroatoms. The molecule has 0 atom stereocenters. The molecule has 1 nitrogen and oxygen atoms in total. The minimum atomic E-state index is -0.748. The van der Waals surface area contributed by atoms with Crippen LogP contribution in [0.3, 0.4) is 0 Å². The van der Waals surface area contributed by atoms with Crippen molar-refractivity contribution in [2.45, 2.75) is 11.9 Å². The summed E-state index contributed by atoms with van der Waals surface area (Å²) in [6, 6.07) is 6.83. The lowest BCUT2D eigenvalue weighted by Gasteiger charge is -2.12. The molecule has 0 saturated heterocycles. The summed E-state index contributed by atoms with van der Waals surface area (Å²) in [7, 11) is 0. The molecule has 0 unspecified atom stereocenters. The summed E-state index contributed by atoms with van der Waals surface area (Å²) in [4.78, 5) is 0. The number of halogens is 5. The van der Waals surface area contributed by atoms with Gasteiger partial charge in [0.1, 0.15) is 18.2 Å². The first kappa shape index (κ1) is 15.4. The molecule has 0 aliphatic rings. The highest BCUT2D eigenvalue weighted by Crippen LogP contribution is 2.28. The summed E-state index contributed by atoms with van der Waals surface area (Å²) >= 11 is 6.18. The Bertz CT molecular complexity index is 632. The number of hydrogen-bond donors (Lipinski definition) is 0. The van der Waals surface area contributed by atoms with E-state index >= 15 is 0 Å². The van der Waals surface area contributed by atoms with E-state index in [4.69, 9.17) is 4.74 Å². The molecular formula is C14H9Br2F3O. The van der Waals surface area contributed by atoms with Gasteiger partial charge in [0.05, 0.1) is 10.0 Å². The zero-order valence-corrected chi connectivity index (χ0v) is 13.3. The van der Waals surface area contributed by atoms with E-state index in [1.807, 2.05) is 0 Å². The number of alkyl halides is 1. The molecule has 0 heterocycles. The second-order valence-corrected chi connectivity index (χ2v) is 5.39. The van der Waals surface area contributed by atoms with Crippen molar-refractivity contribution in [3.63, 3.8) is 0 Å². The van der Waals surface area contributed by atoms with Crippen LogP contribution in [0, 0.1) is 17.5 Å². The summed E-state index contributed by atoms with van der Waals surface area (Å²) in [5, 5.41) is 0.379. The summed E-state index contributed by atoms with van der Waals surface area (Å²) in [6.45, 7) is -0.391. The SMILES string of the molecule is Fc1ccc(Br)c(F)c1COc1c(F)cccc1CBr. The third-order valence-electron chi connectivity index (χ3n) is 2.69. The zero-order valence-electron chi connectivity index (χ0n) is 10.1. The van der Waals surface area contributed by atoms with E-state index in [2.05, 4.69) is 31.9 Å². The molecule has 0 aliphatic carbocycles. The standard InChI is InChI=1S/C14H9Br2F3O/c15-6-8-2-1-3-12(18)14(8)20-7-9-11(17)5-4-10(16)13(9)19/h1-5H,6-7H2. The number of benzene rings is 2. The smallest absolute Gasteiger partial charge is 0.165 e. The van der Waals surface area contributed by atoms with Gasteiger partial charge in [0, 0.05) is 10.9 Å². The van der Waals surface area contributed by atoms with Gasteiger partial charge >= 0.3 is 0 Å². The first-order valence-corrected chi connectivity index (χ1v) is 7.54. The average Bonchev–Trinajstić information content (AvgIpc) is 2.44. The normalized spacial score (nSPS) is 10.7. The highest BCUT2D eigenvalue weighted by atomic mass is 79.9. The van der Waals surface area contributed by atoms with Gasteiger partial charge in [-0.1, -0.05) is 28.1 Å². The molecule has 0 N–H and O–H groups in total. The molecular weight excluding hydrogens is 401 g/mol. The monoisotopic (exact) mass is 408 g/mol. The fraction of sp³-hybridized carbons (Fsp3) is 0.143. The van der Waals surface area contributed by atoms with E-state index in [1.165, 1.54) is 12.1 Å². The summed E-state index contributed by atoms with van der Waals surface area (Å²) in [5.41, 5.74) is 0.323. The zero-order chi connectivity index (χ0) is 14.7. The van der Waals surface area contributed by atoms with Gasteiger partial charge in [0.15, 0.2) is 11.6 Å². The Balaban J connectivity index is 2.28. The Hall–Kier alpha value is -1.01. The van der Waals surface area contributed by atoms with Gasteiger partial charge < -0.3 is 4.74 Å². The van der Waals surface area contributed by atoms with Crippen LogP contribution in [0.15, 0.2) is 34.8 Å². The molecule has 2 aromatic rings. The minimum Gasteiger partial charge on any atom is -0.485 e. The van der Waals surface area contributed by atoms with Crippen molar-refractivity contribution in [2.75, 3.05) is 0 Å². The highest BCUT2D eigenvalue weighted by Gasteiger charge is 2.15. The van der Waals surface area contributed by atoms with Crippen molar-refractivity contribution in [3.8, 4) is 5.75 Å². The average molecular weight is 410 g/mol. The summed E-state index contributed by atoms with van der Waals surface area (Å²) in [6.07, 6.45) is 0. The third kappa shape index (κ3) is 3.17. The summed E-state index contributed by atoms with van der Waals surface area (Å²) < 4.78 is 46.4. The molecule has 0 aliphatic heterocycles. The van der Waals surface area contributed by atoms with Crippen LogP contribution in [0.5, 0.6) is 5.75 Å². The first-order valence-electron chi connectivity index (χ1n) is 5.63. The van der Waals surface area contributed by atoms with E-state index in [0.29, 0.717) is 10.9 Å². The molecule has 0 radical (unpaired) electrons. The molecule has 0 amide bonds. The van der Waals surface area contributed by atoms with Crippen molar-refractivity contribution in [1.29, 1.82) is 0 Å². The van der Waals surface area contributed by atoms with Gasteiger partial charge in [-0.05, 0) is 34.1 Å². The van der Waals surface area contributed by atoms with E-state index in [9.17, 15) is 13.2 Å². The van der Waals surface area contributed by atoms with Crippen LogP contribution in [0.2, 0.25) is 0 Å². The molecule has 2 aromatic carbocycles. The van der Waals surface area contributed by atoms with Crippen molar-refractivity contribution in [3.05, 3.63) is 63.4 Å². The Labute approximate surface area is 131 Å². The molecule has 0 aromatic heterocycles. The molecule has 0 saturated carbocycles. The number of hydrogen-bond acceptors (Lipinski definition) is 1. The van der Waals surface area contributed by atoms with E-state index in [0.717, 1.165) is 6.07 Å². The number of para-hydroxylation sites is 1. The number of ether oxygens (including phenoxy) is 1. The van der Waals surface area contributed by atoms with Crippen LogP contribution in [0.25, 0.3) is 0 Å². The van der Waals surface area contributed by atoms with Crippen molar-refractivity contribution in [1.82, 2.24) is 0 Å². The van der Waals surface area contributed by atoms with Crippen molar-refractivity contribution >= 4 is 31.9 Å². The second-order valence-electron chi connectivity index (χ2n) is 3.97.